The number of amides is 3. The molecule has 3 aromatic rings. The Morgan fingerprint density at radius 1 is 0.912 bits per heavy atom. The molecule has 0 fully saturated rings. The number of carbonyl (C=O) groups is 3. The second-order valence-corrected chi connectivity index (χ2v) is 8.07. The maximum absolute atomic E-state index is 13.7. The second kappa shape index (κ2) is 9.23. The summed E-state index contributed by atoms with van der Waals surface area (Å²) in [5.74, 6) is -0.559. The van der Waals surface area contributed by atoms with Crippen molar-refractivity contribution in [3.8, 4) is 5.75 Å². The zero-order chi connectivity index (χ0) is 24.4. The lowest BCUT2D eigenvalue weighted by atomic mass is 9.97. The average Bonchev–Trinajstić information content (AvgIpc) is 3.04. The predicted molar refractivity (Wildman–Crippen MR) is 133 cm³/mol. The summed E-state index contributed by atoms with van der Waals surface area (Å²) >= 11 is 0. The van der Waals surface area contributed by atoms with Crippen LogP contribution < -0.4 is 20.3 Å². The third-order valence-electron chi connectivity index (χ3n) is 5.55. The molecular weight excluding hydrogens is 430 g/mol. The Kier molecular flexibility index (Phi) is 6.19. The molecule has 0 unspecified atom stereocenters. The van der Waals surface area contributed by atoms with Crippen LogP contribution in [0.4, 0.5) is 17.1 Å². The smallest absolute Gasteiger partial charge is 0.282 e. The quantitative estimate of drug-likeness (QED) is 0.528. The van der Waals surface area contributed by atoms with Crippen molar-refractivity contribution < 1.29 is 19.1 Å². The van der Waals surface area contributed by atoms with Crippen LogP contribution in [-0.4, -0.2) is 24.8 Å². The van der Waals surface area contributed by atoms with Crippen molar-refractivity contribution in [3.63, 3.8) is 0 Å². The van der Waals surface area contributed by atoms with Crippen LogP contribution in [-0.2, 0) is 14.4 Å². The van der Waals surface area contributed by atoms with E-state index in [1.165, 1.54) is 6.92 Å². The predicted octanol–water partition coefficient (Wildman–Crippen LogP) is 4.67. The van der Waals surface area contributed by atoms with E-state index in [1.54, 1.807) is 43.5 Å². The summed E-state index contributed by atoms with van der Waals surface area (Å²) in [6.07, 6.45) is 0. The van der Waals surface area contributed by atoms with Gasteiger partial charge in [0.05, 0.1) is 24.1 Å². The third-order valence-corrected chi connectivity index (χ3v) is 5.55. The van der Waals surface area contributed by atoms with E-state index in [9.17, 15) is 14.4 Å². The van der Waals surface area contributed by atoms with Crippen LogP contribution in [0, 0.1) is 13.8 Å². The fourth-order valence-corrected chi connectivity index (χ4v) is 4.00. The van der Waals surface area contributed by atoms with Gasteiger partial charge in [0.1, 0.15) is 11.4 Å². The van der Waals surface area contributed by atoms with E-state index >= 15 is 0 Å². The molecule has 34 heavy (non-hydrogen) atoms. The molecule has 0 aliphatic carbocycles. The van der Waals surface area contributed by atoms with Crippen LogP contribution in [0.25, 0.3) is 5.57 Å². The van der Waals surface area contributed by atoms with Crippen LogP contribution in [0.5, 0.6) is 5.75 Å². The number of ether oxygens (including phenoxy) is 1. The van der Waals surface area contributed by atoms with Gasteiger partial charge in [-0.15, -0.1) is 0 Å². The Morgan fingerprint density at radius 3 is 2.26 bits per heavy atom. The number of imide groups is 1. The first-order valence-electron chi connectivity index (χ1n) is 10.8. The molecular formula is C27H25N3O4. The lowest BCUT2D eigenvalue weighted by Gasteiger charge is -2.16. The summed E-state index contributed by atoms with van der Waals surface area (Å²) in [6, 6.07) is 19.5. The van der Waals surface area contributed by atoms with Gasteiger partial charge in [0.15, 0.2) is 0 Å². The number of hydrogen-bond acceptors (Lipinski definition) is 5. The highest BCUT2D eigenvalue weighted by atomic mass is 16.5. The van der Waals surface area contributed by atoms with Gasteiger partial charge in [-0.1, -0.05) is 35.9 Å². The minimum atomic E-state index is -0.474. The molecule has 0 bridgehead atoms. The molecule has 0 spiro atoms. The van der Waals surface area contributed by atoms with Gasteiger partial charge >= 0.3 is 0 Å². The topological polar surface area (TPSA) is 87.7 Å². The first-order chi connectivity index (χ1) is 16.3. The summed E-state index contributed by atoms with van der Waals surface area (Å²) in [4.78, 5) is 39.8. The molecule has 3 amide bonds. The van der Waals surface area contributed by atoms with Gasteiger partial charge in [-0.3, -0.25) is 14.4 Å². The van der Waals surface area contributed by atoms with E-state index in [1.807, 2.05) is 44.2 Å². The molecule has 2 N–H and O–H groups in total. The molecule has 3 aromatic carbocycles. The second-order valence-electron chi connectivity index (χ2n) is 8.07. The summed E-state index contributed by atoms with van der Waals surface area (Å²) in [7, 11) is 1.55. The van der Waals surface area contributed by atoms with Gasteiger partial charge in [-0.2, -0.15) is 0 Å². The summed E-state index contributed by atoms with van der Waals surface area (Å²) in [5.41, 5.74) is 4.65. The van der Waals surface area contributed by atoms with Gasteiger partial charge in [-0.25, -0.2) is 4.90 Å². The van der Waals surface area contributed by atoms with Crippen molar-refractivity contribution in [3.05, 3.63) is 89.1 Å². The molecule has 172 valence electrons. The van der Waals surface area contributed by atoms with Crippen LogP contribution >= 0.6 is 0 Å². The maximum Gasteiger partial charge on any atom is 0.282 e. The van der Waals surface area contributed by atoms with Crippen molar-refractivity contribution in [2.45, 2.75) is 20.8 Å². The van der Waals surface area contributed by atoms with Crippen LogP contribution in [0.3, 0.4) is 0 Å². The van der Waals surface area contributed by atoms with E-state index in [2.05, 4.69) is 10.6 Å². The van der Waals surface area contributed by atoms with Crippen molar-refractivity contribution >= 4 is 40.4 Å². The van der Waals surface area contributed by atoms with Crippen molar-refractivity contribution in [2.75, 3.05) is 22.6 Å². The number of carbonyl (C=O) groups excluding carboxylic acids is 3. The molecule has 1 heterocycles. The van der Waals surface area contributed by atoms with E-state index in [-0.39, 0.29) is 11.6 Å². The largest absolute Gasteiger partial charge is 0.495 e. The van der Waals surface area contributed by atoms with E-state index in [0.29, 0.717) is 33.9 Å². The fourth-order valence-electron chi connectivity index (χ4n) is 4.00. The van der Waals surface area contributed by atoms with E-state index in [0.717, 1.165) is 16.0 Å². The first kappa shape index (κ1) is 22.8. The third kappa shape index (κ3) is 4.28. The first-order valence-corrected chi connectivity index (χ1v) is 10.8. The van der Waals surface area contributed by atoms with Gasteiger partial charge in [0, 0.05) is 12.6 Å². The Bertz CT molecular complexity index is 1330. The standard InChI is InChI=1S/C27H25N3O4/c1-16-9-14-21(17(2)15-16)24-25(29-22-7-5-6-8-23(22)34-4)27(33)30(26(24)32)20-12-10-19(11-13-20)28-18(3)31/h5-15,29H,1-4H3,(H,28,31). The molecule has 7 nitrogen and oxygen atoms in total. The zero-order valence-electron chi connectivity index (χ0n) is 19.4. The number of aryl methyl sites for hydroxylation is 2. The highest BCUT2D eigenvalue weighted by molar-refractivity contribution is 6.46. The number of para-hydroxylation sites is 2. The number of nitrogens with one attached hydrogen (secondary N) is 2. The molecule has 0 aromatic heterocycles. The molecule has 7 heteroatoms. The van der Waals surface area contributed by atoms with E-state index < -0.39 is 11.8 Å². The zero-order valence-corrected chi connectivity index (χ0v) is 19.4. The molecule has 0 atom stereocenters. The summed E-state index contributed by atoms with van der Waals surface area (Å²) < 4.78 is 5.43. The molecule has 0 saturated carbocycles. The highest BCUT2D eigenvalue weighted by Gasteiger charge is 2.41. The monoisotopic (exact) mass is 455 g/mol. The van der Waals surface area contributed by atoms with Crippen LogP contribution in [0.1, 0.15) is 23.6 Å². The van der Waals surface area contributed by atoms with Gasteiger partial charge in [0.25, 0.3) is 11.8 Å². The normalized spacial score (nSPS) is 13.4. The molecule has 0 radical (unpaired) electrons. The van der Waals surface area contributed by atoms with Gasteiger partial charge in [0.2, 0.25) is 5.91 Å². The Balaban J connectivity index is 1.81. The lowest BCUT2D eigenvalue weighted by molar-refractivity contribution is -0.120. The number of hydrogen-bond donors (Lipinski definition) is 2. The van der Waals surface area contributed by atoms with Gasteiger partial charge < -0.3 is 15.4 Å². The minimum absolute atomic E-state index is 0.174. The van der Waals surface area contributed by atoms with Crippen molar-refractivity contribution in [1.29, 1.82) is 0 Å². The Labute approximate surface area is 198 Å². The van der Waals surface area contributed by atoms with Gasteiger partial charge in [-0.05, 0) is 61.4 Å². The highest BCUT2D eigenvalue weighted by Crippen LogP contribution is 2.37. The van der Waals surface area contributed by atoms with Crippen LogP contribution in [0.15, 0.2) is 72.4 Å². The fraction of sp³-hybridized carbons (Fsp3) is 0.148. The Morgan fingerprint density at radius 2 is 1.62 bits per heavy atom. The minimum Gasteiger partial charge on any atom is -0.495 e. The SMILES string of the molecule is COc1ccccc1NC1=C(c2ccc(C)cc2C)C(=O)N(c2ccc(NC(C)=O)cc2)C1=O. The van der Waals surface area contributed by atoms with Crippen molar-refractivity contribution in [2.24, 2.45) is 0 Å². The summed E-state index contributed by atoms with van der Waals surface area (Å²) in [6.45, 7) is 5.31. The molecule has 0 saturated heterocycles. The number of anilines is 3. The Hall–Kier alpha value is -4.39. The van der Waals surface area contributed by atoms with Crippen LogP contribution in [0.2, 0.25) is 0 Å². The number of benzene rings is 3. The number of rotatable bonds is 6. The maximum atomic E-state index is 13.7. The molecule has 1 aliphatic rings. The average molecular weight is 456 g/mol. The number of methoxy groups -OCH3 is 1. The lowest BCUT2D eigenvalue weighted by Crippen LogP contribution is -2.32. The molecule has 4 rings (SSSR count). The van der Waals surface area contributed by atoms with E-state index in [4.69, 9.17) is 4.74 Å². The molecule has 1 aliphatic heterocycles. The summed E-state index contributed by atoms with van der Waals surface area (Å²) in [5, 5.41) is 5.84. The van der Waals surface area contributed by atoms with Crippen molar-refractivity contribution in [1.82, 2.24) is 0 Å². The number of nitrogens with zero attached hydrogens (tertiary/aromatic N) is 1.